The maximum Gasteiger partial charge on any atom is 0.237 e. The molecule has 1 aliphatic heterocycles. The van der Waals surface area contributed by atoms with Crippen LogP contribution in [0.2, 0.25) is 0 Å². The van der Waals surface area contributed by atoms with Crippen molar-refractivity contribution in [1.29, 1.82) is 0 Å². The maximum absolute atomic E-state index is 12.0. The fraction of sp³-hybridized carbons (Fsp3) is 0.923. The Balaban J connectivity index is 2.35. The van der Waals surface area contributed by atoms with E-state index in [-0.39, 0.29) is 24.1 Å². The van der Waals surface area contributed by atoms with Gasteiger partial charge in [-0.2, -0.15) is 0 Å². The zero-order chi connectivity index (χ0) is 12.8. The summed E-state index contributed by atoms with van der Waals surface area (Å²) in [7, 11) is 0. The number of carbonyl (C=O) groups is 1. The van der Waals surface area contributed by atoms with Gasteiger partial charge in [-0.15, -0.1) is 0 Å². The van der Waals surface area contributed by atoms with E-state index in [1.165, 1.54) is 0 Å². The number of nitrogens with one attached hydrogen (secondary N) is 1. The standard InChI is InChI=1S/C13H26N2O2/c1-4-5-10(2)14-13(17)11(3)15-8-6-12(16)7-9-15/h10-12,16H,4-9H2,1-3H3,(H,14,17). The fourth-order valence-corrected chi connectivity index (χ4v) is 2.31. The van der Waals surface area contributed by atoms with Gasteiger partial charge < -0.3 is 10.4 Å². The highest BCUT2D eigenvalue weighted by Gasteiger charge is 2.26. The molecule has 4 heteroatoms. The molecule has 0 aromatic rings. The van der Waals surface area contributed by atoms with Crippen LogP contribution in [0, 0.1) is 0 Å². The van der Waals surface area contributed by atoms with Crippen molar-refractivity contribution in [3.8, 4) is 0 Å². The minimum Gasteiger partial charge on any atom is -0.393 e. The first-order chi connectivity index (χ1) is 8.04. The molecule has 0 aromatic carbocycles. The van der Waals surface area contributed by atoms with Gasteiger partial charge in [0.2, 0.25) is 5.91 Å². The molecule has 2 atom stereocenters. The third kappa shape index (κ3) is 4.64. The van der Waals surface area contributed by atoms with Crippen LogP contribution >= 0.6 is 0 Å². The summed E-state index contributed by atoms with van der Waals surface area (Å²) < 4.78 is 0. The molecule has 0 aromatic heterocycles. The van der Waals surface area contributed by atoms with Crippen molar-refractivity contribution in [3.63, 3.8) is 0 Å². The molecule has 1 rings (SSSR count). The van der Waals surface area contributed by atoms with Crippen molar-refractivity contribution in [2.24, 2.45) is 0 Å². The van der Waals surface area contributed by atoms with Crippen LogP contribution < -0.4 is 5.32 Å². The number of piperidine rings is 1. The zero-order valence-electron chi connectivity index (χ0n) is 11.3. The molecular formula is C13H26N2O2. The fourth-order valence-electron chi connectivity index (χ4n) is 2.31. The van der Waals surface area contributed by atoms with Gasteiger partial charge in [0.1, 0.15) is 0 Å². The predicted molar refractivity (Wildman–Crippen MR) is 68.8 cm³/mol. The largest absolute Gasteiger partial charge is 0.393 e. The number of likely N-dealkylation sites (tertiary alicyclic amines) is 1. The van der Waals surface area contributed by atoms with Gasteiger partial charge in [-0.05, 0) is 33.1 Å². The highest BCUT2D eigenvalue weighted by molar-refractivity contribution is 5.81. The number of aliphatic hydroxyl groups is 1. The van der Waals surface area contributed by atoms with E-state index in [0.29, 0.717) is 0 Å². The third-order valence-corrected chi connectivity index (χ3v) is 3.54. The first-order valence-electron chi connectivity index (χ1n) is 6.77. The van der Waals surface area contributed by atoms with Gasteiger partial charge in [0.05, 0.1) is 12.1 Å². The molecule has 4 nitrogen and oxygen atoms in total. The van der Waals surface area contributed by atoms with E-state index in [9.17, 15) is 9.90 Å². The minimum absolute atomic E-state index is 0.0817. The van der Waals surface area contributed by atoms with E-state index >= 15 is 0 Å². The Bertz CT molecular complexity index is 238. The second-order valence-corrected chi connectivity index (χ2v) is 5.14. The van der Waals surface area contributed by atoms with Crippen LogP contribution in [0.15, 0.2) is 0 Å². The molecule has 17 heavy (non-hydrogen) atoms. The summed E-state index contributed by atoms with van der Waals surface area (Å²) >= 11 is 0. The van der Waals surface area contributed by atoms with Crippen molar-refractivity contribution >= 4 is 5.91 Å². The highest BCUT2D eigenvalue weighted by Crippen LogP contribution is 2.13. The lowest BCUT2D eigenvalue weighted by Crippen LogP contribution is -2.50. The van der Waals surface area contributed by atoms with Gasteiger partial charge in [0, 0.05) is 19.1 Å². The lowest BCUT2D eigenvalue weighted by atomic mass is 10.1. The van der Waals surface area contributed by atoms with E-state index < -0.39 is 0 Å². The molecule has 0 spiro atoms. The number of carbonyl (C=O) groups excluding carboxylic acids is 1. The van der Waals surface area contributed by atoms with Crippen LogP contribution in [0.25, 0.3) is 0 Å². The Hall–Kier alpha value is -0.610. The molecule has 0 aliphatic carbocycles. The Morgan fingerprint density at radius 3 is 2.53 bits per heavy atom. The molecular weight excluding hydrogens is 216 g/mol. The number of aliphatic hydroxyl groups excluding tert-OH is 1. The summed E-state index contributed by atoms with van der Waals surface area (Å²) in [5.74, 6) is 0.113. The van der Waals surface area contributed by atoms with E-state index in [1.54, 1.807) is 0 Å². The van der Waals surface area contributed by atoms with Gasteiger partial charge in [0.25, 0.3) is 0 Å². The molecule has 1 saturated heterocycles. The smallest absolute Gasteiger partial charge is 0.237 e. The van der Waals surface area contributed by atoms with Crippen LogP contribution in [0.5, 0.6) is 0 Å². The molecule has 1 fully saturated rings. The molecule has 1 aliphatic rings. The average Bonchev–Trinajstić information content (AvgIpc) is 2.29. The van der Waals surface area contributed by atoms with Crippen molar-refractivity contribution < 1.29 is 9.90 Å². The van der Waals surface area contributed by atoms with Crippen LogP contribution in [-0.4, -0.2) is 47.2 Å². The average molecular weight is 242 g/mol. The topological polar surface area (TPSA) is 52.6 Å². The SMILES string of the molecule is CCCC(C)NC(=O)C(C)N1CCC(O)CC1. The second-order valence-electron chi connectivity index (χ2n) is 5.14. The Labute approximate surface area is 104 Å². The third-order valence-electron chi connectivity index (χ3n) is 3.54. The predicted octanol–water partition coefficient (Wildman–Crippen LogP) is 1.14. The number of hydrogen-bond acceptors (Lipinski definition) is 3. The Morgan fingerprint density at radius 1 is 1.41 bits per heavy atom. The first kappa shape index (κ1) is 14.5. The lowest BCUT2D eigenvalue weighted by Gasteiger charge is -2.34. The van der Waals surface area contributed by atoms with Crippen molar-refractivity contribution in [3.05, 3.63) is 0 Å². The molecule has 1 amide bonds. The number of rotatable bonds is 5. The molecule has 2 N–H and O–H groups in total. The molecule has 100 valence electrons. The van der Waals surface area contributed by atoms with Crippen LogP contribution in [0.3, 0.4) is 0 Å². The Kier molecular flexibility index (Phi) is 5.92. The van der Waals surface area contributed by atoms with E-state index in [2.05, 4.69) is 17.1 Å². The van der Waals surface area contributed by atoms with Gasteiger partial charge >= 0.3 is 0 Å². The van der Waals surface area contributed by atoms with Gasteiger partial charge in [-0.1, -0.05) is 13.3 Å². The van der Waals surface area contributed by atoms with Crippen molar-refractivity contribution in [1.82, 2.24) is 10.2 Å². The van der Waals surface area contributed by atoms with Crippen molar-refractivity contribution in [2.45, 2.75) is 64.6 Å². The van der Waals surface area contributed by atoms with Crippen molar-refractivity contribution in [2.75, 3.05) is 13.1 Å². The highest BCUT2D eigenvalue weighted by atomic mass is 16.3. The van der Waals surface area contributed by atoms with E-state index in [0.717, 1.165) is 38.8 Å². The van der Waals surface area contributed by atoms with Crippen LogP contribution in [0.1, 0.15) is 46.5 Å². The second kappa shape index (κ2) is 6.97. The van der Waals surface area contributed by atoms with E-state index in [1.807, 2.05) is 13.8 Å². The van der Waals surface area contributed by atoms with Crippen LogP contribution in [0.4, 0.5) is 0 Å². The minimum atomic E-state index is -0.180. The van der Waals surface area contributed by atoms with Gasteiger partial charge in [0.15, 0.2) is 0 Å². The number of hydrogen-bond donors (Lipinski definition) is 2. The molecule has 0 saturated carbocycles. The summed E-state index contributed by atoms with van der Waals surface area (Å²) in [5.41, 5.74) is 0. The summed E-state index contributed by atoms with van der Waals surface area (Å²) in [6.07, 6.45) is 3.49. The summed E-state index contributed by atoms with van der Waals surface area (Å²) in [4.78, 5) is 14.1. The monoisotopic (exact) mass is 242 g/mol. The lowest BCUT2D eigenvalue weighted by molar-refractivity contribution is -0.127. The van der Waals surface area contributed by atoms with E-state index in [4.69, 9.17) is 0 Å². The number of amides is 1. The normalized spacial score (nSPS) is 22.1. The maximum atomic E-state index is 12.0. The molecule has 1 heterocycles. The van der Waals surface area contributed by atoms with Crippen LogP contribution in [-0.2, 0) is 4.79 Å². The zero-order valence-corrected chi connectivity index (χ0v) is 11.3. The Morgan fingerprint density at radius 2 is 2.00 bits per heavy atom. The molecule has 0 radical (unpaired) electrons. The summed E-state index contributed by atoms with van der Waals surface area (Å²) in [6, 6.07) is 0.173. The molecule has 0 bridgehead atoms. The molecule has 2 unspecified atom stereocenters. The number of nitrogens with zero attached hydrogens (tertiary/aromatic N) is 1. The van der Waals surface area contributed by atoms with Gasteiger partial charge in [-0.25, -0.2) is 0 Å². The quantitative estimate of drug-likeness (QED) is 0.760. The summed E-state index contributed by atoms with van der Waals surface area (Å²) in [6.45, 7) is 7.76. The van der Waals surface area contributed by atoms with Gasteiger partial charge in [-0.3, -0.25) is 9.69 Å². The first-order valence-corrected chi connectivity index (χ1v) is 6.77. The summed E-state index contributed by atoms with van der Waals surface area (Å²) in [5, 5.41) is 12.5.